The second kappa shape index (κ2) is 6.63. The van der Waals surface area contributed by atoms with Crippen molar-refractivity contribution in [2.24, 2.45) is 0 Å². The molecule has 0 saturated heterocycles. The van der Waals surface area contributed by atoms with Gasteiger partial charge < -0.3 is 4.74 Å². The number of benzene rings is 1. The Morgan fingerprint density at radius 3 is 2.76 bits per heavy atom. The maximum atomic E-state index is 8.66. The van der Waals surface area contributed by atoms with Gasteiger partial charge in [0.05, 0.1) is 24.1 Å². The fraction of sp³-hybridized carbons (Fsp3) is 0.462. The minimum atomic E-state index is 0.265. The van der Waals surface area contributed by atoms with Crippen molar-refractivity contribution in [3.63, 3.8) is 0 Å². The standard InChI is InChI=1S/C13H17BrN2O/c1-10(6-7-15)16(2)9-11-4-5-13(17-3)12(14)8-11/h4-5,8,10H,6,9H2,1-3H3. The summed E-state index contributed by atoms with van der Waals surface area (Å²) in [6.07, 6.45) is 0.549. The third-order valence-corrected chi connectivity index (χ3v) is 3.41. The second-order valence-corrected chi connectivity index (χ2v) is 4.95. The fourth-order valence-electron chi connectivity index (χ4n) is 1.54. The molecule has 1 unspecified atom stereocenters. The molecular weight excluding hydrogens is 280 g/mol. The van der Waals surface area contributed by atoms with Crippen LogP contribution in [-0.4, -0.2) is 25.1 Å². The van der Waals surface area contributed by atoms with E-state index < -0.39 is 0 Å². The maximum Gasteiger partial charge on any atom is 0.133 e. The van der Waals surface area contributed by atoms with E-state index in [0.29, 0.717) is 6.42 Å². The van der Waals surface area contributed by atoms with Crippen molar-refractivity contribution in [3.8, 4) is 11.8 Å². The summed E-state index contributed by atoms with van der Waals surface area (Å²) in [4.78, 5) is 2.16. The zero-order valence-electron chi connectivity index (χ0n) is 10.4. The number of nitrogens with zero attached hydrogens (tertiary/aromatic N) is 2. The average Bonchev–Trinajstić information content (AvgIpc) is 2.29. The highest BCUT2D eigenvalue weighted by atomic mass is 79.9. The Balaban J connectivity index is 2.69. The van der Waals surface area contributed by atoms with Crippen LogP contribution in [0.2, 0.25) is 0 Å². The molecule has 0 radical (unpaired) electrons. The number of nitriles is 1. The largest absolute Gasteiger partial charge is 0.496 e. The van der Waals surface area contributed by atoms with E-state index in [0.717, 1.165) is 16.8 Å². The molecule has 0 spiro atoms. The van der Waals surface area contributed by atoms with Gasteiger partial charge in [-0.1, -0.05) is 6.07 Å². The molecule has 4 heteroatoms. The lowest BCUT2D eigenvalue weighted by molar-refractivity contribution is 0.252. The summed E-state index contributed by atoms with van der Waals surface area (Å²) in [6.45, 7) is 2.88. The number of halogens is 1. The van der Waals surface area contributed by atoms with Crippen molar-refractivity contribution in [2.75, 3.05) is 14.2 Å². The lowest BCUT2D eigenvalue weighted by Gasteiger charge is -2.22. The Hall–Kier alpha value is -1.05. The van der Waals surface area contributed by atoms with Crippen molar-refractivity contribution in [2.45, 2.75) is 25.9 Å². The van der Waals surface area contributed by atoms with E-state index in [1.54, 1.807) is 7.11 Å². The van der Waals surface area contributed by atoms with Crippen molar-refractivity contribution in [1.29, 1.82) is 5.26 Å². The highest BCUT2D eigenvalue weighted by molar-refractivity contribution is 9.10. The lowest BCUT2D eigenvalue weighted by atomic mass is 10.1. The summed E-state index contributed by atoms with van der Waals surface area (Å²) >= 11 is 3.47. The van der Waals surface area contributed by atoms with Crippen LogP contribution in [0.3, 0.4) is 0 Å². The van der Waals surface area contributed by atoms with Crippen LogP contribution in [-0.2, 0) is 6.54 Å². The molecule has 1 rings (SSSR count). The van der Waals surface area contributed by atoms with E-state index >= 15 is 0 Å². The van der Waals surface area contributed by atoms with Crippen LogP contribution in [0, 0.1) is 11.3 Å². The van der Waals surface area contributed by atoms with Gasteiger partial charge in [0.2, 0.25) is 0 Å². The van der Waals surface area contributed by atoms with Gasteiger partial charge in [-0.05, 0) is 47.6 Å². The van der Waals surface area contributed by atoms with Gasteiger partial charge in [0.25, 0.3) is 0 Å². The third-order valence-electron chi connectivity index (χ3n) is 2.79. The van der Waals surface area contributed by atoms with Crippen molar-refractivity contribution < 1.29 is 4.74 Å². The Morgan fingerprint density at radius 2 is 2.24 bits per heavy atom. The van der Waals surface area contributed by atoms with Crippen LogP contribution in [0.15, 0.2) is 22.7 Å². The molecule has 0 saturated carbocycles. The fourth-order valence-corrected chi connectivity index (χ4v) is 2.13. The maximum absolute atomic E-state index is 8.66. The van der Waals surface area contributed by atoms with Gasteiger partial charge in [-0.2, -0.15) is 5.26 Å². The summed E-state index contributed by atoms with van der Waals surface area (Å²) in [7, 11) is 3.68. The first-order valence-electron chi connectivity index (χ1n) is 5.48. The molecule has 0 N–H and O–H groups in total. The highest BCUT2D eigenvalue weighted by Crippen LogP contribution is 2.26. The lowest BCUT2D eigenvalue weighted by Crippen LogP contribution is -2.28. The topological polar surface area (TPSA) is 36.3 Å². The number of ether oxygens (including phenoxy) is 1. The van der Waals surface area contributed by atoms with Crippen LogP contribution in [0.4, 0.5) is 0 Å². The minimum Gasteiger partial charge on any atom is -0.496 e. The van der Waals surface area contributed by atoms with E-state index in [2.05, 4.69) is 39.9 Å². The number of methoxy groups -OCH3 is 1. The van der Waals surface area contributed by atoms with E-state index in [1.165, 1.54) is 5.56 Å². The summed E-state index contributed by atoms with van der Waals surface area (Å²) in [5.74, 6) is 0.835. The van der Waals surface area contributed by atoms with Gasteiger partial charge in [-0.15, -0.1) is 0 Å². The van der Waals surface area contributed by atoms with Gasteiger partial charge in [0.15, 0.2) is 0 Å². The van der Waals surface area contributed by atoms with E-state index in [1.807, 2.05) is 19.2 Å². The van der Waals surface area contributed by atoms with Crippen LogP contribution in [0.1, 0.15) is 18.9 Å². The quantitative estimate of drug-likeness (QED) is 0.837. The summed E-state index contributed by atoms with van der Waals surface area (Å²) in [6, 6.07) is 8.50. The molecule has 0 aliphatic heterocycles. The molecule has 3 nitrogen and oxygen atoms in total. The van der Waals surface area contributed by atoms with Gasteiger partial charge in [-0.3, -0.25) is 4.90 Å². The average molecular weight is 297 g/mol. The predicted octanol–water partition coefficient (Wildman–Crippen LogP) is 3.19. The van der Waals surface area contributed by atoms with Crippen LogP contribution < -0.4 is 4.74 Å². The molecule has 17 heavy (non-hydrogen) atoms. The zero-order chi connectivity index (χ0) is 12.8. The first-order chi connectivity index (χ1) is 8.08. The molecule has 92 valence electrons. The molecule has 1 aromatic rings. The summed E-state index contributed by atoms with van der Waals surface area (Å²) in [5.41, 5.74) is 1.20. The molecule has 1 aromatic carbocycles. The smallest absolute Gasteiger partial charge is 0.133 e. The molecule has 0 aromatic heterocycles. The Kier molecular flexibility index (Phi) is 5.46. The molecular formula is C13H17BrN2O. The van der Waals surface area contributed by atoms with Crippen LogP contribution in [0.25, 0.3) is 0 Å². The summed E-state index contributed by atoms with van der Waals surface area (Å²) < 4.78 is 6.14. The van der Waals surface area contributed by atoms with Crippen molar-refractivity contribution in [3.05, 3.63) is 28.2 Å². The molecule has 0 aliphatic rings. The van der Waals surface area contributed by atoms with E-state index in [9.17, 15) is 0 Å². The number of rotatable bonds is 5. The van der Waals surface area contributed by atoms with E-state index in [4.69, 9.17) is 10.00 Å². The molecule has 0 amide bonds. The molecule has 0 heterocycles. The summed E-state index contributed by atoms with van der Waals surface area (Å²) in [5, 5.41) is 8.66. The Bertz CT molecular complexity index is 414. The predicted molar refractivity (Wildman–Crippen MR) is 71.9 cm³/mol. The first-order valence-corrected chi connectivity index (χ1v) is 6.27. The number of hydrogen-bond donors (Lipinski definition) is 0. The monoisotopic (exact) mass is 296 g/mol. The highest BCUT2D eigenvalue weighted by Gasteiger charge is 2.10. The Labute approximate surface area is 111 Å². The van der Waals surface area contributed by atoms with Crippen LogP contribution in [0.5, 0.6) is 5.75 Å². The van der Waals surface area contributed by atoms with Crippen LogP contribution >= 0.6 is 15.9 Å². The van der Waals surface area contributed by atoms with Gasteiger partial charge in [-0.25, -0.2) is 0 Å². The van der Waals surface area contributed by atoms with Crippen molar-refractivity contribution in [1.82, 2.24) is 4.90 Å². The first kappa shape index (κ1) is 14.0. The zero-order valence-corrected chi connectivity index (χ0v) is 12.0. The van der Waals surface area contributed by atoms with Gasteiger partial charge in [0, 0.05) is 12.6 Å². The second-order valence-electron chi connectivity index (χ2n) is 4.10. The molecule has 0 bridgehead atoms. The Morgan fingerprint density at radius 1 is 1.53 bits per heavy atom. The molecule has 1 atom stereocenters. The SMILES string of the molecule is COc1ccc(CN(C)C(C)CC#N)cc1Br. The van der Waals surface area contributed by atoms with Crippen molar-refractivity contribution >= 4 is 15.9 Å². The van der Waals surface area contributed by atoms with Gasteiger partial charge in [0.1, 0.15) is 5.75 Å². The third kappa shape index (κ3) is 4.03. The number of hydrogen-bond acceptors (Lipinski definition) is 3. The molecule has 0 aliphatic carbocycles. The minimum absolute atomic E-state index is 0.265. The van der Waals surface area contributed by atoms with E-state index in [-0.39, 0.29) is 6.04 Å². The van der Waals surface area contributed by atoms with Gasteiger partial charge >= 0.3 is 0 Å². The molecule has 0 fully saturated rings. The normalized spacial score (nSPS) is 12.2.